The Labute approximate surface area is 109 Å². The van der Waals surface area contributed by atoms with Crippen molar-refractivity contribution in [2.45, 2.75) is 39.5 Å². The number of hydrogen-bond donors (Lipinski definition) is 1. The van der Waals surface area contributed by atoms with E-state index in [9.17, 15) is 4.79 Å². The molecular formula is C14H22N2O2. The first-order valence-corrected chi connectivity index (χ1v) is 6.64. The molecule has 0 atom stereocenters. The molecule has 0 unspecified atom stereocenters. The summed E-state index contributed by atoms with van der Waals surface area (Å²) in [5.74, 6) is -0.195. The second kappa shape index (κ2) is 7.69. The van der Waals surface area contributed by atoms with E-state index >= 15 is 0 Å². The number of anilines is 1. The van der Waals surface area contributed by atoms with Crippen LogP contribution < -0.4 is 4.90 Å². The van der Waals surface area contributed by atoms with Gasteiger partial charge in [-0.2, -0.15) is 0 Å². The lowest BCUT2D eigenvalue weighted by Gasteiger charge is -2.23. The van der Waals surface area contributed by atoms with Crippen molar-refractivity contribution in [1.29, 1.82) is 0 Å². The van der Waals surface area contributed by atoms with Crippen LogP contribution >= 0.6 is 0 Å². The number of rotatable bonds is 8. The van der Waals surface area contributed by atoms with E-state index in [1.807, 2.05) is 6.07 Å². The van der Waals surface area contributed by atoms with Gasteiger partial charge < -0.3 is 10.0 Å². The normalized spacial score (nSPS) is 10.3. The number of aromatic nitrogens is 1. The molecule has 0 saturated carbocycles. The van der Waals surface area contributed by atoms with Crippen LogP contribution in [0.3, 0.4) is 0 Å². The monoisotopic (exact) mass is 250 g/mol. The fourth-order valence-corrected chi connectivity index (χ4v) is 1.76. The predicted molar refractivity (Wildman–Crippen MR) is 73.2 cm³/mol. The number of carboxylic acids is 1. The highest BCUT2D eigenvalue weighted by atomic mass is 16.4. The van der Waals surface area contributed by atoms with Crippen LogP contribution in [-0.4, -0.2) is 29.1 Å². The van der Waals surface area contributed by atoms with Crippen LogP contribution in [0.15, 0.2) is 18.2 Å². The van der Waals surface area contributed by atoms with Crippen molar-refractivity contribution in [3.63, 3.8) is 0 Å². The van der Waals surface area contributed by atoms with Crippen molar-refractivity contribution >= 4 is 11.8 Å². The molecule has 0 spiro atoms. The van der Waals surface area contributed by atoms with E-state index < -0.39 is 5.97 Å². The summed E-state index contributed by atoms with van der Waals surface area (Å²) in [4.78, 5) is 17.3. The van der Waals surface area contributed by atoms with Crippen LogP contribution in [-0.2, 0) is 0 Å². The van der Waals surface area contributed by atoms with Crippen molar-refractivity contribution in [3.8, 4) is 0 Å². The first-order valence-electron chi connectivity index (χ1n) is 6.64. The lowest BCUT2D eigenvalue weighted by molar-refractivity contribution is 0.0690. The molecule has 0 aliphatic rings. The average Bonchev–Trinajstić information content (AvgIpc) is 2.39. The van der Waals surface area contributed by atoms with E-state index in [-0.39, 0.29) is 5.69 Å². The molecule has 4 nitrogen and oxygen atoms in total. The first-order chi connectivity index (χ1) is 8.69. The zero-order valence-electron chi connectivity index (χ0n) is 11.2. The molecule has 0 saturated heterocycles. The van der Waals surface area contributed by atoms with Crippen molar-refractivity contribution in [1.82, 2.24) is 4.98 Å². The molecule has 0 aliphatic heterocycles. The van der Waals surface area contributed by atoms with Crippen molar-refractivity contribution in [2.24, 2.45) is 0 Å². The van der Waals surface area contributed by atoms with Gasteiger partial charge in [0.2, 0.25) is 0 Å². The number of pyridine rings is 1. The Kier molecular flexibility index (Phi) is 6.19. The minimum Gasteiger partial charge on any atom is -0.477 e. The Morgan fingerprint density at radius 2 is 1.83 bits per heavy atom. The molecule has 1 aromatic rings. The SMILES string of the molecule is CCCCN(CCCC)c1cccc(C(=O)O)n1. The Morgan fingerprint density at radius 1 is 1.22 bits per heavy atom. The molecule has 100 valence electrons. The largest absolute Gasteiger partial charge is 0.477 e. The van der Waals surface area contributed by atoms with Gasteiger partial charge in [-0.15, -0.1) is 0 Å². The van der Waals surface area contributed by atoms with Crippen molar-refractivity contribution < 1.29 is 9.90 Å². The molecule has 0 aromatic carbocycles. The van der Waals surface area contributed by atoms with Crippen LogP contribution in [0.2, 0.25) is 0 Å². The second-order valence-corrected chi connectivity index (χ2v) is 4.38. The third-order valence-electron chi connectivity index (χ3n) is 2.84. The summed E-state index contributed by atoms with van der Waals surface area (Å²) in [6.45, 7) is 6.18. The maximum absolute atomic E-state index is 10.9. The molecule has 1 N–H and O–H groups in total. The fourth-order valence-electron chi connectivity index (χ4n) is 1.76. The molecule has 0 amide bonds. The summed E-state index contributed by atoms with van der Waals surface area (Å²) in [5.41, 5.74) is 0.116. The molecular weight excluding hydrogens is 228 g/mol. The van der Waals surface area contributed by atoms with Gasteiger partial charge in [0, 0.05) is 13.1 Å². The molecule has 18 heavy (non-hydrogen) atoms. The van der Waals surface area contributed by atoms with E-state index in [0.717, 1.165) is 44.6 Å². The quantitative estimate of drug-likeness (QED) is 0.770. The maximum Gasteiger partial charge on any atom is 0.354 e. The molecule has 0 radical (unpaired) electrons. The van der Waals surface area contributed by atoms with Crippen molar-refractivity contribution in [2.75, 3.05) is 18.0 Å². The van der Waals surface area contributed by atoms with Gasteiger partial charge >= 0.3 is 5.97 Å². The van der Waals surface area contributed by atoms with Crippen LogP contribution in [0.1, 0.15) is 50.0 Å². The Balaban J connectivity index is 2.82. The second-order valence-electron chi connectivity index (χ2n) is 4.38. The van der Waals surface area contributed by atoms with E-state index in [2.05, 4.69) is 23.7 Å². The van der Waals surface area contributed by atoms with Gasteiger partial charge in [0.1, 0.15) is 5.82 Å². The number of hydrogen-bond acceptors (Lipinski definition) is 3. The summed E-state index contributed by atoms with van der Waals surface area (Å²) >= 11 is 0. The maximum atomic E-state index is 10.9. The number of unbranched alkanes of at least 4 members (excludes halogenated alkanes) is 2. The standard InChI is InChI=1S/C14H22N2O2/c1-3-5-10-16(11-6-4-2)13-9-7-8-12(15-13)14(17)18/h7-9H,3-6,10-11H2,1-2H3,(H,17,18). The van der Waals surface area contributed by atoms with Crippen LogP contribution in [0.5, 0.6) is 0 Å². The summed E-state index contributed by atoms with van der Waals surface area (Å²) in [7, 11) is 0. The van der Waals surface area contributed by atoms with Crippen molar-refractivity contribution in [3.05, 3.63) is 23.9 Å². The fraction of sp³-hybridized carbons (Fsp3) is 0.571. The Bertz CT molecular complexity index is 372. The molecule has 0 aliphatic carbocycles. The van der Waals surface area contributed by atoms with Gasteiger partial charge in [-0.1, -0.05) is 32.8 Å². The van der Waals surface area contributed by atoms with E-state index in [1.165, 1.54) is 6.07 Å². The van der Waals surface area contributed by atoms with Gasteiger partial charge in [0.15, 0.2) is 5.69 Å². The van der Waals surface area contributed by atoms with Gasteiger partial charge in [0.25, 0.3) is 0 Å². The molecule has 0 bridgehead atoms. The van der Waals surface area contributed by atoms with E-state index in [1.54, 1.807) is 6.07 Å². The Morgan fingerprint density at radius 3 is 2.33 bits per heavy atom. The minimum atomic E-state index is -0.970. The number of carbonyl (C=O) groups is 1. The zero-order chi connectivity index (χ0) is 13.4. The van der Waals surface area contributed by atoms with Gasteiger partial charge in [-0.25, -0.2) is 9.78 Å². The number of nitrogens with zero attached hydrogens (tertiary/aromatic N) is 2. The molecule has 4 heteroatoms. The van der Waals surface area contributed by atoms with Gasteiger partial charge in [-0.3, -0.25) is 0 Å². The third-order valence-corrected chi connectivity index (χ3v) is 2.84. The summed E-state index contributed by atoms with van der Waals surface area (Å²) in [6.07, 6.45) is 4.45. The molecule has 0 fully saturated rings. The number of carboxylic acid groups (broad SMARTS) is 1. The smallest absolute Gasteiger partial charge is 0.354 e. The highest BCUT2D eigenvalue weighted by molar-refractivity contribution is 5.85. The van der Waals surface area contributed by atoms with Gasteiger partial charge in [0.05, 0.1) is 0 Å². The molecule has 1 heterocycles. The first kappa shape index (κ1) is 14.5. The topological polar surface area (TPSA) is 53.4 Å². The average molecular weight is 250 g/mol. The van der Waals surface area contributed by atoms with Crippen LogP contribution in [0.25, 0.3) is 0 Å². The summed E-state index contributed by atoms with van der Waals surface area (Å²) in [5, 5.41) is 8.96. The lowest BCUT2D eigenvalue weighted by Crippen LogP contribution is -2.27. The number of aromatic carboxylic acids is 1. The third kappa shape index (κ3) is 4.35. The Hall–Kier alpha value is -1.58. The highest BCUT2D eigenvalue weighted by Crippen LogP contribution is 2.13. The van der Waals surface area contributed by atoms with E-state index in [0.29, 0.717) is 0 Å². The summed E-state index contributed by atoms with van der Waals surface area (Å²) in [6, 6.07) is 5.18. The van der Waals surface area contributed by atoms with Crippen LogP contribution in [0, 0.1) is 0 Å². The lowest BCUT2D eigenvalue weighted by atomic mass is 10.2. The predicted octanol–water partition coefficient (Wildman–Crippen LogP) is 3.19. The van der Waals surface area contributed by atoms with Crippen LogP contribution in [0.4, 0.5) is 5.82 Å². The van der Waals surface area contributed by atoms with Gasteiger partial charge in [-0.05, 0) is 25.0 Å². The summed E-state index contributed by atoms with van der Waals surface area (Å²) < 4.78 is 0. The minimum absolute atomic E-state index is 0.116. The van der Waals surface area contributed by atoms with E-state index in [4.69, 9.17) is 5.11 Å². The highest BCUT2D eigenvalue weighted by Gasteiger charge is 2.10. The zero-order valence-corrected chi connectivity index (χ0v) is 11.2. The molecule has 1 aromatic heterocycles. The molecule has 1 rings (SSSR count).